The molecule has 3 heteroatoms. The van der Waals surface area contributed by atoms with Gasteiger partial charge in [-0.1, -0.05) is 31.2 Å². The number of hydrogen-bond donors (Lipinski definition) is 2. The van der Waals surface area contributed by atoms with Crippen LogP contribution in [0.25, 0.3) is 10.8 Å². The van der Waals surface area contributed by atoms with Crippen LogP contribution >= 0.6 is 0 Å². The number of fused-ring (bicyclic) bond motifs is 1. The van der Waals surface area contributed by atoms with Gasteiger partial charge in [0.15, 0.2) is 0 Å². The molecule has 18 heavy (non-hydrogen) atoms. The van der Waals surface area contributed by atoms with Gasteiger partial charge < -0.3 is 10.4 Å². The van der Waals surface area contributed by atoms with Crippen molar-refractivity contribution in [2.24, 2.45) is 0 Å². The van der Waals surface area contributed by atoms with Crippen LogP contribution in [0, 0.1) is 0 Å². The number of aromatic nitrogens is 1. The van der Waals surface area contributed by atoms with Crippen molar-refractivity contribution in [1.82, 2.24) is 10.3 Å². The van der Waals surface area contributed by atoms with Gasteiger partial charge >= 0.3 is 0 Å². The molecule has 0 fully saturated rings. The third kappa shape index (κ3) is 2.86. The number of nitrogens with one attached hydrogen (secondary N) is 1. The maximum absolute atomic E-state index is 9.21. The SMILES string of the molecule is CCCNC(CCO)c1cncc2ccccc12. The molecule has 3 nitrogen and oxygen atoms in total. The average Bonchev–Trinajstić information content (AvgIpc) is 2.43. The minimum Gasteiger partial charge on any atom is -0.396 e. The van der Waals surface area contributed by atoms with Gasteiger partial charge in [-0.3, -0.25) is 4.98 Å². The van der Waals surface area contributed by atoms with Gasteiger partial charge in [-0.25, -0.2) is 0 Å². The van der Waals surface area contributed by atoms with E-state index in [2.05, 4.69) is 29.4 Å². The molecule has 0 saturated carbocycles. The van der Waals surface area contributed by atoms with Crippen molar-refractivity contribution >= 4 is 10.8 Å². The minimum absolute atomic E-state index is 0.175. The van der Waals surface area contributed by atoms with E-state index >= 15 is 0 Å². The van der Waals surface area contributed by atoms with Crippen molar-refractivity contribution in [3.05, 3.63) is 42.2 Å². The summed E-state index contributed by atoms with van der Waals surface area (Å²) in [5.74, 6) is 0. The summed E-state index contributed by atoms with van der Waals surface area (Å²) in [6.45, 7) is 3.28. The molecule has 1 atom stereocenters. The van der Waals surface area contributed by atoms with Crippen molar-refractivity contribution in [1.29, 1.82) is 0 Å². The molecule has 1 aromatic carbocycles. The maximum Gasteiger partial charge on any atom is 0.0449 e. The van der Waals surface area contributed by atoms with E-state index in [1.54, 1.807) is 0 Å². The van der Waals surface area contributed by atoms with Crippen LogP contribution in [0.3, 0.4) is 0 Å². The monoisotopic (exact) mass is 244 g/mol. The number of aliphatic hydroxyl groups excluding tert-OH is 1. The number of rotatable bonds is 6. The Morgan fingerprint density at radius 1 is 1.28 bits per heavy atom. The number of benzene rings is 1. The highest BCUT2D eigenvalue weighted by Gasteiger charge is 2.13. The van der Waals surface area contributed by atoms with Crippen LogP contribution < -0.4 is 5.32 Å². The smallest absolute Gasteiger partial charge is 0.0449 e. The van der Waals surface area contributed by atoms with Crippen molar-refractivity contribution in [2.45, 2.75) is 25.8 Å². The van der Waals surface area contributed by atoms with Crippen LogP contribution in [0.15, 0.2) is 36.7 Å². The largest absolute Gasteiger partial charge is 0.396 e. The van der Waals surface area contributed by atoms with E-state index in [0.717, 1.165) is 24.8 Å². The second-order valence-corrected chi connectivity index (χ2v) is 4.47. The standard InChI is InChI=1S/C15H20N2O/c1-2-8-17-15(7-9-18)14-11-16-10-12-5-3-4-6-13(12)14/h3-6,10-11,15,17-18H,2,7-9H2,1H3. The van der Waals surface area contributed by atoms with Gasteiger partial charge in [0.05, 0.1) is 0 Å². The molecule has 0 bridgehead atoms. The minimum atomic E-state index is 0.175. The van der Waals surface area contributed by atoms with Gasteiger partial charge in [0.25, 0.3) is 0 Å². The average molecular weight is 244 g/mol. The summed E-state index contributed by atoms with van der Waals surface area (Å²) in [5, 5.41) is 15.1. The van der Waals surface area contributed by atoms with Crippen LogP contribution in [-0.4, -0.2) is 23.2 Å². The predicted molar refractivity (Wildman–Crippen MR) is 74.5 cm³/mol. The first kappa shape index (κ1) is 13.0. The number of pyridine rings is 1. The molecular weight excluding hydrogens is 224 g/mol. The highest BCUT2D eigenvalue weighted by atomic mass is 16.3. The molecule has 1 unspecified atom stereocenters. The Labute approximate surface area is 108 Å². The Bertz CT molecular complexity index is 493. The Balaban J connectivity index is 2.36. The van der Waals surface area contributed by atoms with E-state index in [9.17, 15) is 5.11 Å². The third-order valence-corrected chi connectivity index (χ3v) is 3.13. The Kier molecular flexibility index (Phi) is 4.67. The summed E-state index contributed by atoms with van der Waals surface area (Å²) in [5.41, 5.74) is 1.18. The van der Waals surface area contributed by atoms with E-state index in [1.165, 1.54) is 10.9 Å². The number of hydrogen-bond acceptors (Lipinski definition) is 3. The van der Waals surface area contributed by atoms with E-state index in [0.29, 0.717) is 0 Å². The first-order valence-electron chi connectivity index (χ1n) is 6.53. The highest BCUT2D eigenvalue weighted by molar-refractivity contribution is 5.85. The Hall–Kier alpha value is -1.45. The highest BCUT2D eigenvalue weighted by Crippen LogP contribution is 2.25. The molecule has 2 N–H and O–H groups in total. The zero-order chi connectivity index (χ0) is 12.8. The molecule has 96 valence electrons. The fourth-order valence-electron chi connectivity index (χ4n) is 2.23. The lowest BCUT2D eigenvalue weighted by molar-refractivity contribution is 0.266. The summed E-state index contributed by atoms with van der Waals surface area (Å²) in [7, 11) is 0. The fraction of sp³-hybridized carbons (Fsp3) is 0.400. The van der Waals surface area contributed by atoms with Gasteiger partial charge in [-0.2, -0.15) is 0 Å². The molecular formula is C15H20N2O. The lowest BCUT2D eigenvalue weighted by Crippen LogP contribution is -2.23. The Morgan fingerprint density at radius 2 is 2.11 bits per heavy atom. The summed E-state index contributed by atoms with van der Waals surface area (Å²) in [4.78, 5) is 4.30. The molecule has 0 radical (unpaired) electrons. The molecule has 0 amide bonds. The van der Waals surface area contributed by atoms with E-state index in [-0.39, 0.29) is 12.6 Å². The van der Waals surface area contributed by atoms with Gasteiger partial charge in [0.1, 0.15) is 0 Å². The molecule has 0 aliphatic heterocycles. The van der Waals surface area contributed by atoms with Crippen LogP contribution in [-0.2, 0) is 0 Å². The zero-order valence-corrected chi connectivity index (χ0v) is 10.8. The first-order valence-corrected chi connectivity index (χ1v) is 6.53. The Morgan fingerprint density at radius 3 is 2.89 bits per heavy atom. The molecule has 1 heterocycles. The topological polar surface area (TPSA) is 45.1 Å². The molecule has 0 aliphatic rings. The summed E-state index contributed by atoms with van der Waals surface area (Å²) < 4.78 is 0. The summed E-state index contributed by atoms with van der Waals surface area (Å²) in [6, 6.07) is 8.43. The van der Waals surface area contributed by atoms with E-state index in [1.807, 2.05) is 24.5 Å². The van der Waals surface area contributed by atoms with Crippen LogP contribution in [0.1, 0.15) is 31.4 Å². The second-order valence-electron chi connectivity index (χ2n) is 4.47. The first-order chi connectivity index (χ1) is 8.86. The fourth-order valence-corrected chi connectivity index (χ4v) is 2.23. The van der Waals surface area contributed by atoms with Gasteiger partial charge in [-0.15, -0.1) is 0 Å². The van der Waals surface area contributed by atoms with E-state index < -0.39 is 0 Å². The van der Waals surface area contributed by atoms with Gasteiger partial charge in [-0.05, 0) is 30.3 Å². The predicted octanol–water partition coefficient (Wildman–Crippen LogP) is 2.66. The van der Waals surface area contributed by atoms with Crippen molar-refractivity contribution in [3.8, 4) is 0 Å². The molecule has 2 rings (SSSR count). The lowest BCUT2D eigenvalue weighted by atomic mass is 9.99. The number of aliphatic hydroxyl groups is 1. The maximum atomic E-state index is 9.21. The molecule has 1 aromatic heterocycles. The van der Waals surface area contributed by atoms with Gasteiger partial charge in [0, 0.05) is 30.4 Å². The molecule has 0 aliphatic carbocycles. The lowest BCUT2D eigenvalue weighted by Gasteiger charge is -2.19. The van der Waals surface area contributed by atoms with Crippen molar-refractivity contribution in [3.63, 3.8) is 0 Å². The van der Waals surface area contributed by atoms with Crippen molar-refractivity contribution in [2.75, 3.05) is 13.2 Å². The molecule has 2 aromatic rings. The normalized spacial score (nSPS) is 12.8. The van der Waals surface area contributed by atoms with Gasteiger partial charge in [0.2, 0.25) is 0 Å². The molecule has 0 spiro atoms. The molecule has 0 saturated heterocycles. The quantitative estimate of drug-likeness (QED) is 0.821. The van der Waals surface area contributed by atoms with Crippen molar-refractivity contribution < 1.29 is 5.11 Å². The van der Waals surface area contributed by atoms with Crippen LogP contribution in [0.4, 0.5) is 0 Å². The summed E-state index contributed by atoms with van der Waals surface area (Å²) in [6.07, 6.45) is 5.59. The zero-order valence-electron chi connectivity index (χ0n) is 10.8. The third-order valence-electron chi connectivity index (χ3n) is 3.13. The number of nitrogens with zero attached hydrogens (tertiary/aromatic N) is 1. The second kappa shape index (κ2) is 6.47. The summed E-state index contributed by atoms with van der Waals surface area (Å²) >= 11 is 0. The van der Waals surface area contributed by atoms with E-state index in [4.69, 9.17) is 0 Å². The van der Waals surface area contributed by atoms with Crippen LogP contribution in [0.2, 0.25) is 0 Å². The van der Waals surface area contributed by atoms with Crippen LogP contribution in [0.5, 0.6) is 0 Å².